The second-order valence-electron chi connectivity index (χ2n) is 4.00. The molecule has 0 saturated heterocycles. The lowest BCUT2D eigenvalue weighted by molar-refractivity contribution is -0.144. The first kappa shape index (κ1) is 16.3. The number of carbonyl (C=O) groups excluding carboxylic acids is 1. The van der Waals surface area contributed by atoms with Gasteiger partial charge in [0.15, 0.2) is 0 Å². The Morgan fingerprint density at radius 2 is 2.10 bits per heavy atom. The lowest BCUT2D eigenvalue weighted by Gasteiger charge is -2.14. The predicted octanol–water partition coefficient (Wildman–Crippen LogP) is 0.507. The van der Waals surface area contributed by atoms with Gasteiger partial charge in [-0.25, -0.2) is 8.42 Å². The van der Waals surface area contributed by atoms with Crippen molar-refractivity contribution in [2.24, 2.45) is 0 Å². The number of rotatable bonds is 6. The van der Waals surface area contributed by atoms with Gasteiger partial charge in [-0.15, -0.1) is 0 Å². The average Bonchev–Trinajstić information content (AvgIpc) is 2.38. The number of carbonyl (C=O) groups is 1. The fourth-order valence-corrected chi connectivity index (χ4v) is 2.68. The lowest BCUT2D eigenvalue weighted by atomic mass is 10.3. The molecule has 1 unspecified atom stereocenters. The molecular weight excluding hydrogens is 284 g/mol. The van der Waals surface area contributed by atoms with Crippen LogP contribution in [0.1, 0.15) is 13.8 Å². The van der Waals surface area contributed by atoms with E-state index in [4.69, 9.17) is 15.2 Å². The van der Waals surface area contributed by atoms with Crippen LogP contribution >= 0.6 is 0 Å². The molecule has 0 fully saturated rings. The Balaban J connectivity index is 2.97. The first-order valence-corrected chi connectivity index (χ1v) is 7.42. The van der Waals surface area contributed by atoms with E-state index < -0.39 is 22.0 Å². The summed E-state index contributed by atoms with van der Waals surface area (Å²) in [7, 11) is -2.47. The molecule has 0 radical (unpaired) electrons. The van der Waals surface area contributed by atoms with E-state index in [-0.39, 0.29) is 17.3 Å². The Morgan fingerprint density at radius 1 is 1.45 bits per heavy atom. The number of anilines is 1. The molecule has 3 N–H and O–H groups in total. The topological polar surface area (TPSA) is 108 Å². The number of nitrogens with two attached hydrogens (primary N) is 1. The van der Waals surface area contributed by atoms with Crippen molar-refractivity contribution in [1.29, 1.82) is 0 Å². The molecule has 20 heavy (non-hydrogen) atoms. The van der Waals surface area contributed by atoms with Gasteiger partial charge in [0.25, 0.3) is 0 Å². The second kappa shape index (κ2) is 6.58. The Bertz CT molecular complexity index is 586. The molecule has 0 amide bonds. The number of ether oxygens (including phenoxy) is 2. The highest BCUT2D eigenvalue weighted by Crippen LogP contribution is 2.24. The Hall–Kier alpha value is -1.80. The van der Waals surface area contributed by atoms with Crippen molar-refractivity contribution in [3.05, 3.63) is 18.2 Å². The monoisotopic (exact) mass is 302 g/mol. The number of benzene rings is 1. The van der Waals surface area contributed by atoms with E-state index in [0.29, 0.717) is 5.69 Å². The summed E-state index contributed by atoms with van der Waals surface area (Å²) >= 11 is 0. The third-order valence-electron chi connectivity index (χ3n) is 2.49. The Labute approximate surface area is 118 Å². The van der Waals surface area contributed by atoms with Gasteiger partial charge < -0.3 is 15.2 Å². The van der Waals surface area contributed by atoms with Crippen LogP contribution in [0.2, 0.25) is 0 Å². The zero-order valence-electron chi connectivity index (χ0n) is 11.5. The fourth-order valence-electron chi connectivity index (χ4n) is 1.47. The van der Waals surface area contributed by atoms with Gasteiger partial charge in [0, 0.05) is 6.07 Å². The summed E-state index contributed by atoms with van der Waals surface area (Å²) in [4.78, 5) is 11.4. The summed E-state index contributed by atoms with van der Waals surface area (Å²) < 4.78 is 36.2. The van der Waals surface area contributed by atoms with Gasteiger partial charge >= 0.3 is 5.97 Å². The minimum atomic E-state index is -3.86. The van der Waals surface area contributed by atoms with Gasteiger partial charge in [-0.1, -0.05) is 0 Å². The summed E-state index contributed by atoms with van der Waals surface area (Å²) in [6.07, 6.45) is 0. The summed E-state index contributed by atoms with van der Waals surface area (Å²) in [5, 5.41) is 0. The van der Waals surface area contributed by atoms with Crippen molar-refractivity contribution in [3.63, 3.8) is 0 Å². The molecule has 112 valence electrons. The van der Waals surface area contributed by atoms with Crippen LogP contribution in [0.4, 0.5) is 5.69 Å². The van der Waals surface area contributed by atoms with Crippen LogP contribution in [-0.2, 0) is 19.6 Å². The predicted molar refractivity (Wildman–Crippen MR) is 73.8 cm³/mol. The number of nitrogens with one attached hydrogen (secondary N) is 1. The molecule has 0 aliphatic rings. The van der Waals surface area contributed by atoms with E-state index in [0.717, 1.165) is 0 Å². The molecule has 7 nitrogen and oxygen atoms in total. The minimum Gasteiger partial charge on any atom is -0.495 e. The van der Waals surface area contributed by atoms with Gasteiger partial charge in [0.05, 0.1) is 24.3 Å². The van der Waals surface area contributed by atoms with Crippen molar-refractivity contribution in [3.8, 4) is 5.75 Å². The zero-order chi connectivity index (χ0) is 15.3. The normalized spacial score (nSPS) is 12.8. The van der Waals surface area contributed by atoms with Crippen molar-refractivity contribution in [2.45, 2.75) is 24.8 Å². The maximum atomic E-state index is 12.1. The third kappa shape index (κ3) is 3.84. The van der Waals surface area contributed by atoms with Crippen LogP contribution in [0, 0.1) is 0 Å². The number of esters is 1. The number of hydrogen-bond donors (Lipinski definition) is 2. The molecular formula is C12H18N2O5S. The summed E-state index contributed by atoms with van der Waals surface area (Å²) in [6, 6.07) is 3.05. The van der Waals surface area contributed by atoms with E-state index in [2.05, 4.69) is 4.72 Å². The van der Waals surface area contributed by atoms with Crippen LogP contribution in [0.3, 0.4) is 0 Å². The second-order valence-corrected chi connectivity index (χ2v) is 5.71. The smallest absolute Gasteiger partial charge is 0.323 e. The maximum absolute atomic E-state index is 12.1. The first-order valence-electron chi connectivity index (χ1n) is 5.94. The molecule has 0 saturated carbocycles. The van der Waals surface area contributed by atoms with E-state index >= 15 is 0 Å². The molecule has 0 bridgehead atoms. The molecule has 0 spiro atoms. The van der Waals surface area contributed by atoms with Crippen molar-refractivity contribution < 1.29 is 22.7 Å². The quantitative estimate of drug-likeness (QED) is 0.585. The van der Waals surface area contributed by atoms with Gasteiger partial charge in [-0.2, -0.15) is 4.72 Å². The van der Waals surface area contributed by atoms with Gasteiger partial charge in [0.2, 0.25) is 10.0 Å². The zero-order valence-corrected chi connectivity index (χ0v) is 12.4. The van der Waals surface area contributed by atoms with Gasteiger partial charge in [-0.3, -0.25) is 4.79 Å². The fraction of sp³-hybridized carbons (Fsp3) is 0.417. The molecule has 8 heteroatoms. The molecule has 0 aliphatic heterocycles. The Morgan fingerprint density at radius 3 is 2.65 bits per heavy atom. The summed E-state index contributed by atoms with van der Waals surface area (Å²) in [5.74, 6) is -0.393. The largest absolute Gasteiger partial charge is 0.495 e. The van der Waals surface area contributed by atoms with Crippen LogP contribution in [-0.4, -0.2) is 34.1 Å². The van der Waals surface area contributed by atoms with Crippen LogP contribution in [0.15, 0.2) is 23.1 Å². The van der Waals surface area contributed by atoms with E-state index in [1.54, 1.807) is 6.92 Å². The van der Waals surface area contributed by atoms with Gasteiger partial charge in [0.1, 0.15) is 11.8 Å². The molecule has 1 rings (SSSR count). The highest BCUT2D eigenvalue weighted by Gasteiger charge is 2.23. The summed E-state index contributed by atoms with van der Waals surface area (Å²) in [6.45, 7) is 3.23. The average molecular weight is 302 g/mol. The number of methoxy groups -OCH3 is 1. The van der Waals surface area contributed by atoms with Crippen molar-refractivity contribution >= 4 is 21.7 Å². The highest BCUT2D eigenvalue weighted by molar-refractivity contribution is 7.89. The molecule has 1 aromatic rings. The standard InChI is InChI=1S/C12H18N2O5S/c1-4-19-12(15)8(2)14-20(16,17)9-5-6-10(13)11(7-9)18-3/h5-8,14H,4,13H2,1-3H3. The van der Waals surface area contributed by atoms with Crippen LogP contribution in [0.5, 0.6) is 5.75 Å². The van der Waals surface area contributed by atoms with Crippen molar-refractivity contribution in [1.82, 2.24) is 4.72 Å². The van der Waals surface area contributed by atoms with Crippen molar-refractivity contribution in [2.75, 3.05) is 19.5 Å². The summed E-state index contributed by atoms with van der Waals surface area (Å²) in [5.41, 5.74) is 5.94. The number of nitrogen functional groups attached to an aromatic ring is 1. The molecule has 1 atom stereocenters. The van der Waals surface area contributed by atoms with Crippen LogP contribution < -0.4 is 15.2 Å². The Kier molecular flexibility index (Phi) is 5.34. The maximum Gasteiger partial charge on any atom is 0.323 e. The number of hydrogen-bond acceptors (Lipinski definition) is 6. The third-order valence-corrected chi connectivity index (χ3v) is 4.03. The van der Waals surface area contributed by atoms with E-state index in [9.17, 15) is 13.2 Å². The molecule has 0 heterocycles. The SMILES string of the molecule is CCOC(=O)C(C)NS(=O)(=O)c1ccc(N)c(OC)c1. The van der Waals surface area contributed by atoms with E-state index in [1.165, 1.54) is 32.2 Å². The minimum absolute atomic E-state index is 0.0419. The van der Waals surface area contributed by atoms with E-state index in [1.807, 2.05) is 0 Å². The highest BCUT2D eigenvalue weighted by atomic mass is 32.2. The molecule has 0 aromatic heterocycles. The number of sulfonamides is 1. The lowest BCUT2D eigenvalue weighted by Crippen LogP contribution is -2.39. The van der Waals surface area contributed by atoms with Gasteiger partial charge in [-0.05, 0) is 26.0 Å². The van der Waals surface area contributed by atoms with Crippen LogP contribution in [0.25, 0.3) is 0 Å². The molecule has 1 aromatic carbocycles. The molecule has 0 aliphatic carbocycles. The first-order chi connectivity index (χ1) is 9.31.